The van der Waals surface area contributed by atoms with Crippen molar-refractivity contribution >= 4 is 23.9 Å². The van der Waals surface area contributed by atoms with Crippen LogP contribution in [0.3, 0.4) is 0 Å². The zero-order chi connectivity index (χ0) is 20.6. The van der Waals surface area contributed by atoms with Crippen LogP contribution in [-0.2, 0) is 36.9 Å². The topological polar surface area (TPSA) is 111 Å². The lowest BCUT2D eigenvalue weighted by Gasteiger charge is -2.19. The van der Waals surface area contributed by atoms with E-state index in [1.165, 1.54) is 0 Å². The summed E-state index contributed by atoms with van der Waals surface area (Å²) in [6, 6.07) is 17.0. The smallest absolute Gasteiger partial charge is 0.408 e. The van der Waals surface area contributed by atoms with E-state index in [9.17, 15) is 19.2 Å². The van der Waals surface area contributed by atoms with Gasteiger partial charge in [0, 0.05) is 6.42 Å². The van der Waals surface area contributed by atoms with Crippen LogP contribution in [-0.4, -0.2) is 36.0 Å². The Balaban J connectivity index is 1.63. The minimum atomic E-state index is -1.20. The number of carbonyl (C=O) groups excluding carboxylic acids is 4. The van der Waals surface area contributed by atoms with Gasteiger partial charge in [-0.3, -0.25) is 14.9 Å². The zero-order valence-corrected chi connectivity index (χ0v) is 15.5. The van der Waals surface area contributed by atoms with Gasteiger partial charge in [0.05, 0.1) is 6.42 Å². The standard InChI is InChI=1S/C21H20N2O6/c24-18-12-17(19(25)23-18)29-20(26)16(11-14-7-3-1-4-8-14)22-21(27)28-13-15-9-5-2-6-10-15/h1-10,16-17H,11-13H2,(H,22,27)(H,23,24,25)/t16-,17+/m0/s1. The van der Waals surface area contributed by atoms with Crippen LogP contribution in [0.1, 0.15) is 17.5 Å². The van der Waals surface area contributed by atoms with Crippen LogP contribution in [0.2, 0.25) is 0 Å². The first-order valence-electron chi connectivity index (χ1n) is 9.06. The molecule has 0 aromatic heterocycles. The summed E-state index contributed by atoms with van der Waals surface area (Å²) in [7, 11) is 0. The second kappa shape index (κ2) is 9.50. The minimum Gasteiger partial charge on any atom is -0.450 e. The number of hydrogen-bond acceptors (Lipinski definition) is 6. The van der Waals surface area contributed by atoms with Crippen LogP contribution in [0, 0.1) is 0 Å². The molecule has 8 nitrogen and oxygen atoms in total. The number of imide groups is 1. The lowest BCUT2D eigenvalue weighted by Crippen LogP contribution is -2.45. The van der Waals surface area contributed by atoms with Crippen molar-refractivity contribution in [2.24, 2.45) is 0 Å². The molecule has 150 valence electrons. The summed E-state index contributed by atoms with van der Waals surface area (Å²) in [4.78, 5) is 47.7. The Hall–Kier alpha value is -3.68. The molecule has 2 atom stereocenters. The van der Waals surface area contributed by atoms with Crippen molar-refractivity contribution < 1.29 is 28.7 Å². The Morgan fingerprint density at radius 3 is 2.21 bits per heavy atom. The molecule has 1 saturated heterocycles. The fourth-order valence-electron chi connectivity index (χ4n) is 2.80. The Kier molecular flexibility index (Phi) is 6.57. The summed E-state index contributed by atoms with van der Waals surface area (Å²) < 4.78 is 10.3. The second-order valence-corrected chi connectivity index (χ2v) is 6.49. The molecule has 8 heteroatoms. The summed E-state index contributed by atoms with van der Waals surface area (Å²) in [5, 5.41) is 4.56. The molecule has 3 amide bonds. The molecule has 1 heterocycles. The van der Waals surface area contributed by atoms with Gasteiger partial charge < -0.3 is 14.8 Å². The van der Waals surface area contributed by atoms with Gasteiger partial charge in [-0.25, -0.2) is 9.59 Å². The normalized spacial score (nSPS) is 16.6. The summed E-state index contributed by atoms with van der Waals surface area (Å²) in [6.07, 6.45) is -2.09. The van der Waals surface area contributed by atoms with Crippen molar-refractivity contribution in [2.75, 3.05) is 0 Å². The Labute approximate surface area is 167 Å². The summed E-state index contributed by atoms with van der Waals surface area (Å²) in [5.74, 6) is -2.00. The van der Waals surface area contributed by atoms with Gasteiger partial charge in [-0.05, 0) is 11.1 Å². The Bertz CT molecular complexity index is 885. The van der Waals surface area contributed by atoms with E-state index in [-0.39, 0.29) is 19.4 Å². The van der Waals surface area contributed by atoms with Crippen LogP contribution in [0.4, 0.5) is 4.79 Å². The third-order valence-corrected chi connectivity index (χ3v) is 4.26. The highest BCUT2D eigenvalue weighted by atomic mass is 16.6. The quantitative estimate of drug-likeness (QED) is 0.542. The summed E-state index contributed by atoms with van der Waals surface area (Å²) in [5.41, 5.74) is 1.58. The molecule has 0 saturated carbocycles. The van der Waals surface area contributed by atoms with E-state index in [1.807, 2.05) is 24.3 Å². The highest BCUT2D eigenvalue weighted by Crippen LogP contribution is 2.11. The van der Waals surface area contributed by atoms with Gasteiger partial charge in [0.25, 0.3) is 5.91 Å². The highest BCUT2D eigenvalue weighted by Gasteiger charge is 2.36. The van der Waals surface area contributed by atoms with Crippen LogP contribution >= 0.6 is 0 Å². The first-order valence-corrected chi connectivity index (χ1v) is 9.06. The van der Waals surface area contributed by atoms with E-state index >= 15 is 0 Å². The lowest BCUT2D eigenvalue weighted by molar-refractivity contribution is -0.156. The summed E-state index contributed by atoms with van der Waals surface area (Å²) >= 11 is 0. The van der Waals surface area contributed by atoms with Crippen LogP contribution < -0.4 is 10.6 Å². The van der Waals surface area contributed by atoms with Crippen LogP contribution in [0.15, 0.2) is 60.7 Å². The lowest BCUT2D eigenvalue weighted by atomic mass is 10.1. The number of nitrogens with one attached hydrogen (secondary N) is 2. The van der Waals surface area contributed by atoms with Gasteiger partial charge in [-0.2, -0.15) is 0 Å². The minimum absolute atomic E-state index is 0.0410. The molecule has 0 radical (unpaired) electrons. The molecule has 1 aliphatic heterocycles. The first-order chi connectivity index (χ1) is 14.0. The SMILES string of the molecule is O=C1C[C@@H](OC(=O)[C@H](Cc2ccccc2)NC(=O)OCc2ccccc2)C(=O)N1. The Morgan fingerprint density at radius 2 is 1.62 bits per heavy atom. The third kappa shape index (κ3) is 5.90. The predicted octanol–water partition coefficient (Wildman–Crippen LogP) is 1.48. The van der Waals surface area contributed by atoms with E-state index < -0.39 is 36.0 Å². The number of hydrogen-bond donors (Lipinski definition) is 2. The van der Waals surface area contributed by atoms with Crippen molar-refractivity contribution in [1.29, 1.82) is 0 Å². The molecule has 2 aromatic carbocycles. The van der Waals surface area contributed by atoms with E-state index in [4.69, 9.17) is 9.47 Å². The van der Waals surface area contributed by atoms with Crippen molar-refractivity contribution in [1.82, 2.24) is 10.6 Å². The number of amides is 3. The molecule has 0 spiro atoms. The maximum Gasteiger partial charge on any atom is 0.408 e. The largest absolute Gasteiger partial charge is 0.450 e. The van der Waals surface area contributed by atoms with E-state index in [2.05, 4.69) is 10.6 Å². The molecular weight excluding hydrogens is 376 g/mol. The van der Waals surface area contributed by atoms with Crippen molar-refractivity contribution in [2.45, 2.75) is 31.6 Å². The second-order valence-electron chi connectivity index (χ2n) is 6.49. The maximum atomic E-state index is 12.6. The fraction of sp³-hybridized carbons (Fsp3) is 0.238. The molecule has 0 aliphatic carbocycles. The molecule has 29 heavy (non-hydrogen) atoms. The molecule has 2 N–H and O–H groups in total. The number of carbonyl (C=O) groups is 4. The van der Waals surface area contributed by atoms with Gasteiger partial charge in [0.1, 0.15) is 12.6 Å². The molecule has 1 aliphatic rings. The number of rotatable bonds is 7. The van der Waals surface area contributed by atoms with Gasteiger partial charge >= 0.3 is 12.1 Å². The van der Waals surface area contributed by atoms with Gasteiger partial charge in [-0.1, -0.05) is 60.7 Å². The monoisotopic (exact) mass is 396 g/mol. The number of esters is 1. The maximum absolute atomic E-state index is 12.6. The molecular formula is C21H20N2O6. The van der Waals surface area contributed by atoms with Gasteiger partial charge in [0.2, 0.25) is 5.91 Å². The van der Waals surface area contributed by atoms with Gasteiger partial charge in [0.15, 0.2) is 6.10 Å². The van der Waals surface area contributed by atoms with Crippen LogP contribution in [0.25, 0.3) is 0 Å². The number of alkyl carbamates (subject to hydrolysis) is 1. The fourth-order valence-corrected chi connectivity index (χ4v) is 2.80. The molecule has 0 unspecified atom stereocenters. The molecule has 2 aromatic rings. The number of benzene rings is 2. The van der Waals surface area contributed by atoms with E-state index in [0.717, 1.165) is 11.1 Å². The van der Waals surface area contributed by atoms with Crippen molar-refractivity contribution in [3.63, 3.8) is 0 Å². The van der Waals surface area contributed by atoms with Gasteiger partial charge in [-0.15, -0.1) is 0 Å². The van der Waals surface area contributed by atoms with E-state index in [1.54, 1.807) is 36.4 Å². The van der Waals surface area contributed by atoms with Crippen LogP contribution in [0.5, 0.6) is 0 Å². The molecule has 3 rings (SSSR count). The highest BCUT2D eigenvalue weighted by molar-refractivity contribution is 6.05. The Morgan fingerprint density at radius 1 is 1.00 bits per heavy atom. The predicted molar refractivity (Wildman–Crippen MR) is 101 cm³/mol. The first kappa shape index (κ1) is 20.1. The zero-order valence-electron chi connectivity index (χ0n) is 15.5. The van der Waals surface area contributed by atoms with Crippen molar-refractivity contribution in [3.05, 3.63) is 71.8 Å². The van der Waals surface area contributed by atoms with E-state index in [0.29, 0.717) is 0 Å². The van der Waals surface area contributed by atoms with Crippen molar-refractivity contribution in [3.8, 4) is 0 Å². The average molecular weight is 396 g/mol. The average Bonchev–Trinajstić information content (AvgIpc) is 3.04. The summed E-state index contributed by atoms with van der Waals surface area (Å²) in [6.45, 7) is 0.0410. The molecule has 0 bridgehead atoms. The number of ether oxygens (including phenoxy) is 2. The molecule has 1 fully saturated rings. The third-order valence-electron chi connectivity index (χ3n) is 4.26.